The molecular weight excluding hydrogens is 1240 g/mol. The largest absolute Gasteiger partial charge is 0.311 e. The van der Waals surface area contributed by atoms with Crippen LogP contribution in [0.25, 0.3) is 66.8 Å². The van der Waals surface area contributed by atoms with Gasteiger partial charge in [-0.2, -0.15) is 0 Å². The molecule has 0 saturated carbocycles. The monoisotopic (exact) mass is 1320 g/mol. The molecular formula is C98H79BN4. The summed E-state index contributed by atoms with van der Waals surface area (Å²) in [5, 5.41) is 0. The average Bonchev–Trinajstić information content (AvgIpc) is 0.693. The lowest BCUT2D eigenvalue weighted by molar-refractivity contribution is 0.590. The summed E-state index contributed by atoms with van der Waals surface area (Å²) in [4.78, 5) is 10.1. The highest BCUT2D eigenvalue weighted by Gasteiger charge is 2.45. The first-order valence-electron chi connectivity index (χ1n) is 36.0. The van der Waals surface area contributed by atoms with Gasteiger partial charge in [0.25, 0.3) is 6.71 Å². The molecule has 0 N–H and O–H groups in total. The highest BCUT2D eigenvalue weighted by molar-refractivity contribution is 7.00. The lowest BCUT2D eigenvalue weighted by atomic mass is 9.33. The van der Waals surface area contributed by atoms with E-state index >= 15 is 0 Å². The predicted octanol–water partition coefficient (Wildman–Crippen LogP) is 25.3. The molecule has 5 heteroatoms. The van der Waals surface area contributed by atoms with E-state index in [-0.39, 0.29) is 17.5 Å². The second kappa shape index (κ2) is 26.6. The lowest BCUT2D eigenvalue weighted by Gasteiger charge is -2.45. The number of hydrogen-bond acceptors (Lipinski definition) is 4. The number of para-hydroxylation sites is 2. The van der Waals surface area contributed by atoms with Crippen LogP contribution >= 0.6 is 0 Å². The average molecular weight is 1320 g/mol. The van der Waals surface area contributed by atoms with Gasteiger partial charge in [-0.3, -0.25) is 0 Å². The number of benzene rings is 15. The summed E-state index contributed by atoms with van der Waals surface area (Å²) in [6, 6.07) is 138. The normalized spacial score (nSPS) is 12.3. The Morgan fingerprint density at radius 3 is 0.883 bits per heavy atom. The van der Waals surface area contributed by atoms with E-state index in [9.17, 15) is 0 Å². The van der Waals surface area contributed by atoms with Crippen LogP contribution in [-0.4, -0.2) is 6.71 Å². The van der Waals surface area contributed by atoms with E-state index in [1.807, 2.05) is 0 Å². The third-order valence-electron chi connectivity index (χ3n) is 20.8. The van der Waals surface area contributed by atoms with Crippen LogP contribution in [0.3, 0.4) is 0 Å². The maximum atomic E-state index is 2.58. The van der Waals surface area contributed by atoms with Gasteiger partial charge in [-0.05, 0) is 191 Å². The fraction of sp³-hybridized carbons (Fsp3) is 0.0816. The summed E-state index contributed by atoms with van der Waals surface area (Å²) in [6.45, 7) is 13.5. The van der Waals surface area contributed by atoms with Gasteiger partial charge in [0.05, 0.1) is 11.4 Å². The first kappa shape index (κ1) is 64.0. The van der Waals surface area contributed by atoms with E-state index in [0.29, 0.717) is 0 Å². The van der Waals surface area contributed by atoms with Gasteiger partial charge in [-0.15, -0.1) is 0 Å². The Balaban J connectivity index is 0.970. The molecule has 0 aromatic heterocycles. The molecule has 0 atom stereocenters. The Labute approximate surface area is 607 Å². The van der Waals surface area contributed by atoms with Gasteiger partial charge in [0, 0.05) is 68.0 Å². The highest BCUT2D eigenvalue weighted by atomic mass is 15.2. The van der Waals surface area contributed by atoms with Crippen molar-refractivity contribution < 1.29 is 0 Å². The molecule has 15 aromatic rings. The first-order chi connectivity index (χ1) is 50.4. The number of rotatable bonds is 14. The smallest absolute Gasteiger partial charge is 0.252 e. The molecule has 2 aliphatic heterocycles. The van der Waals surface area contributed by atoms with Crippen LogP contribution in [0.5, 0.6) is 0 Å². The maximum absolute atomic E-state index is 2.58. The van der Waals surface area contributed by atoms with Crippen molar-refractivity contribution in [3.05, 3.63) is 381 Å². The second-order valence-electron chi connectivity index (χ2n) is 29.3. The fourth-order valence-corrected chi connectivity index (χ4v) is 15.6. The summed E-state index contributed by atoms with van der Waals surface area (Å²) in [5.74, 6) is 0. The molecule has 0 bridgehead atoms. The van der Waals surface area contributed by atoms with Crippen molar-refractivity contribution in [2.45, 2.75) is 52.4 Å². The van der Waals surface area contributed by atoms with Gasteiger partial charge in [0.1, 0.15) is 0 Å². The Bertz CT molecular complexity index is 5250. The van der Waals surface area contributed by atoms with Crippen LogP contribution < -0.4 is 36.0 Å². The summed E-state index contributed by atoms with van der Waals surface area (Å²) in [7, 11) is 0. The van der Waals surface area contributed by atoms with E-state index in [1.165, 1.54) is 38.6 Å². The van der Waals surface area contributed by atoms with Gasteiger partial charge < -0.3 is 19.6 Å². The third kappa shape index (κ3) is 12.1. The number of anilines is 12. The second-order valence-corrected chi connectivity index (χ2v) is 29.3. The molecule has 0 aliphatic carbocycles. The Morgan fingerprint density at radius 1 is 0.233 bits per heavy atom. The van der Waals surface area contributed by atoms with Crippen molar-refractivity contribution in [3.63, 3.8) is 0 Å². The zero-order valence-electron chi connectivity index (χ0n) is 59.1. The standard InChI is InChI=1S/C98H79BN4/c1-97(2,3)76-48-56-78(57-49-76)100(90-42-26-24-40-86(90)73-34-18-10-19-35-73)82-60-62-88-92(66-82)102(80-52-44-70(45-53-80)68-28-12-7-13-29-68)94-64-75(85-39-23-22-38-84(85)72-32-16-9-17-33-72)65-95-96(94)99(88)89-63-61-83(67-93(89)103(95)81-54-46-71(47-55-81)69-30-14-8-15-31-69)101(79-58-50-77(51-59-79)98(4,5)6)91-43-27-25-41-87(91)74-36-20-11-21-37-74/h7-67H,1-6H3. The fourth-order valence-electron chi connectivity index (χ4n) is 15.6. The Morgan fingerprint density at radius 2 is 0.524 bits per heavy atom. The Kier molecular flexibility index (Phi) is 16.5. The number of hydrogen-bond donors (Lipinski definition) is 0. The van der Waals surface area contributed by atoms with Gasteiger partial charge in [0.2, 0.25) is 0 Å². The topological polar surface area (TPSA) is 13.0 Å². The summed E-state index contributed by atoms with van der Waals surface area (Å²) < 4.78 is 0. The highest BCUT2D eigenvalue weighted by Crippen LogP contribution is 2.52. The van der Waals surface area contributed by atoms with Crippen LogP contribution in [0, 0.1) is 0 Å². The zero-order valence-corrected chi connectivity index (χ0v) is 59.1. The molecule has 0 saturated heterocycles. The molecule has 2 heterocycles. The van der Waals surface area contributed by atoms with Gasteiger partial charge in [-0.25, -0.2) is 0 Å². The molecule has 0 radical (unpaired) electrons. The van der Waals surface area contributed by atoms with Crippen molar-refractivity contribution in [2.75, 3.05) is 19.6 Å². The van der Waals surface area contributed by atoms with Gasteiger partial charge in [0.15, 0.2) is 0 Å². The number of fused-ring (bicyclic) bond motifs is 4. The molecule has 0 fully saturated rings. The summed E-state index contributed by atoms with van der Waals surface area (Å²) >= 11 is 0. The van der Waals surface area contributed by atoms with E-state index in [4.69, 9.17) is 0 Å². The quantitative estimate of drug-likeness (QED) is 0.101. The maximum Gasteiger partial charge on any atom is 0.252 e. The van der Waals surface area contributed by atoms with Crippen LogP contribution in [0.2, 0.25) is 0 Å². The third-order valence-corrected chi connectivity index (χ3v) is 20.8. The zero-order chi connectivity index (χ0) is 69.8. The SMILES string of the molecule is CC(C)(C)c1ccc(N(c2ccc3c(c2)N(c2ccc(-c4ccccc4)cc2)c2cc(-c4ccccc4-c4ccccc4)cc4c2B3c2ccc(N(c3ccc(C(C)(C)C)cc3)c3ccccc3-c3ccccc3)cc2N4c2ccc(-c3ccccc3)cc2)c2ccccc2-c2ccccc2)cc1. The minimum atomic E-state index is -0.233. The van der Waals surface area contributed by atoms with Crippen molar-refractivity contribution in [1.29, 1.82) is 0 Å². The molecule has 0 amide bonds. The van der Waals surface area contributed by atoms with Gasteiger partial charge in [-0.1, -0.05) is 315 Å². The summed E-state index contributed by atoms with van der Waals surface area (Å²) in [5.41, 5.74) is 32.9. The van der Waals surface area contributed by atoms with E-state index in [2.05, 4.69) is 431 Å². The molecule has 2 aliphatic rings. The molecule has 103 heavy (non-hydrogen) atoms. The van der Waals surface area contributed by atoms with E-state index in [1.54, 1.807) is 0 Å². The van der Waals surface area contributed by atoms with Crippen LogP contribution in [0.15, 0.2) is 370 Å². The van der Waals surface area contributed by atoms with Crippen LogP contribution in [-0.2, 0) is 10.8 Å². The molecule has 494 valence electrons. The minimum absolute atomic E-state index is 0.0404. The van der Waals surface area contributed by atoms with Gasteiger partial charge >= 0.3 is 0 Å². The van der Waals surface area contributed by atoms with Crippen molar-refractivity contribution in [2.24, 2.45) is 0 Å². The van der Waals surface area contributed by atoms with Crippen molar-refractivity contribution >= 4 is 91.3 Å². The predicted molar refractivity (Wildman–Crippen MR) is 440 cm³/mol. The molecule has 4 nitrogen and oxygen atoms in total. The molecule has 0 spiro atoms. The lowest BCUT2D eigenvalue weighted by Crippen LogP contribution is -2.61. The van der Waals surface area contributed by atoms with E-state index < -0.39 is 0 Å². The molecule has 15 aromatic carbocycles. The van der Waals surface area contributed by atoms with Crippen LogP contribution in [0.1, 0.15) is 52.7 Å². The molecule has 0 unspecified atom stereocenters. The molecule has 17 rings (SSSR count). The van der Waals surface area contributed by atoms with E-state index in [0.717, 1.165) is 124 Å². The minimum Gasteiger partial charge on any atom is -0.311 e. The van der Waals surface area contributed by atoms with Crippen LogP contribution in [0.4, 0.5) is 68.2 Å². The Hall–Kier alpha value is -12.4. The van der Waals surface area contributed by atoms with Crippen molar-refractivity contribution in [1.82, 2.24) is 0 Å². The summed E-state index contributed by atoms with van der Waals surface area (Å²) in [6.07, 6.45) is 0. The first-order valence-corrected chi connectivity index (χ1v) is 36.0. The number of nitrogens with zero attached hydrogens (tertiary/aromatic N) is 4. The van der Waals surface area contributed by atoms with Crippen molar-refractivity contribution in [3.8, 4) is 66.8 Å².